The monoisotopic (exact) mass is 452 g/mol. The number of anilines is 1. The van der Waals surface area contributed by atoms with Gasteiger partial charge in [0.25, 0.3) is 5.91 Å². The van der Waals surface area contributed by atoms with Crippen molar-refractivity contribution in [1.29, 1.82) is 0 Å². The lowest BCUT2D eigenvalue weighted by Crippen LogP contribution is -2.49. The second-order valence-electron chi connectivity index (χ2n) is 7.36. The summed E-state index contributed by atoms with van der Waals surface area (Å²) in [5, 5.41) is 0.591. The molecule has 4 rings (SSSR count). The van der Waals surface area contributed by atoms with Gasteiger partial charge < -0.3 is 14.8 Å². The zero-order chi connectivity index (χ0) is 22.4. The Labute approximate surface area is 176 Å². The lowest BCUT2D eigenvalue weighted by molar-refractivity contribution is -0.137. The predicted molar refractivity (Wildman–Crippen MR) is 109 cm³/mol. The molecule has 0 aliphatic carbocycles. The maximum atomic E-state index is 13.3. The largest absolute Gasteiger partial charge is 0.419 e. The van der Waals surface area contributed by atoms with Crippen LogP contribution in [0.1, 0.15) is 16.1 Å². The normalized spacial score (nSPS) is 15.5. The zero-order valence-corrected chi connectivity index (χ0v) is 17.3. The average Bonchev–Trinajstić information content (AvgIpc) is 3.15. The minimum Gasteiger partial charge on any atom is -0.353 e. The number of H-pyrrole nitrogens is 1. The maximum Gasteiger partial charge on any atom is 0.419 e. The van der Waals surface area contributed by atoms with E-state index in [2.05, 4.69) is 9.97 Å². The highest BCUT2D eigenvalue weighted by atomic mass is 32.2. The number of alkyl halides is 3. The number of nitrogens with zero attached hydrogens (tertiary/aromatic N) is 3. The minimum atomic E-state index is -4.51. The third-order valence-electron chi connectivity index (χ3n) is 5.21. The zero-order valence-electron chi connectivity index (χ0n) is 16.5. The van der Waals surface area contributed by atoms with Gasteiger partial charge in [-0.05, 0) is 36.4 Å². The van der Waals surface area contributed by atoms with Crippen LogP contribution in [0.5, 0.6) is 0 Å². The van der Waals surface area contributed by atoms with E-state index in [0.29, 0.717) is 16.6 Å². The SMILES string of the molecule is CS(=O)(=O)c1ccc2[nH]c(C(=O)N3CCN(c4ncccc4C(F)(F)F)CC3)cc2c1. The number of fused-ring (bicyclic) bond motifs is 1. The molecule has 1 aliphatic rings. The van der Waals surface area contributed by atoms with Crippen molar-refractivity contribution < 1.29 is 26.4 Å². The first-order valence-electron chi connectivity index (χ1n) is 9.43. The number of rotatable bonds is 3. The highest BCUT2D eigenvalue weighted by Crippen LogP contribution is 2.35. The Bertz CT molecular complexity index is 1250. The molecule has 3 heterocycles. The number of sulfone groups is 1. The molecule has 7 nitrogen and oxygen atoms in total. The van der Waals surface area contributed by atoms with Crippen molar-refractivity contribution >= 4 is 32.5 Å². The number of amides is 1. The third kappa shape index (κ3) is 4.22. The average molecular weight is 452 g/mol. The quantitative estimate of drug-likeness (QED) is 0.661. The van der Waals surface area contributed by atoms with Gasteiger partial charge in [0.2, 0.25) is 0 Å². The Morgan fingerprint density at radius 3 is 2.45 bits per heavy atom. The Balaban J connectivity index is 1.50. The van der Waals surface area contributed by atoms with Crippen LogP contribution in [0.2, 0.25) is 0 Å². The molecule has 0 radical (unpaired) electrons. The lowest BCUT2D eigenvalue weighted by Gasteiger charge is -2.36. The van der Waals surface area contributed by atoms with Gasteiger partial charge in [-0.1, -0.05) is 0 Å². The van der Waals surface area contributed by atoms with E-state index in [0.717, 1.165) is 12.3 Å². The molecule has 1 aromatic carbocycles. The number of hydrogen-bond donors (Lipinski definition) is 1. The summed E-state index contributed by atoms with van der Waals surface area (Å²) in [4.78, 5) is 23.0. The van der Waals surface area contributed by atoms with Gasteiger partial charge in [0, 0.05) is 49.5 Å². The van der Waals surface area contributed by atoms with Crippen LogP contribution in [0.15, 0.2) is 47.5 Å². The molecule has 11 heteroatoms. The smallest absolute Gasteiger partial charge is 0.353 e. The first-order chi connectivity index (χ1) is 14.5. The van der Waals surface area contributed by atoms with Gasteiger partial charge in [-0.25, -0.2) is 13.4 Å². The van der Waals surface area contributed by atoms with E-state index in [-0.39, 0.29) is 42.8 Å². The predicted octanol–water partition coefficient (Wildman–Crippen LogP) is 2.95. The summed E-state index contributed by atoms with van der Waals surface area (Å²) in [5.41, 5.74) is 0.118. The van der Waals surface area contributed by atoms with E-state index in [1.165, 1.54) is 29.3 Å². The van der Waals surface area contributed by atoms with Gasteiger partial charge in [0.15, 0.2) is 9.84 Å². The van der Waals surface area contributed by atoms with Crippen molar-refractivity contribution in [3.63, 3.8) is 0 Å². The number of aromatic amines is 1. The van der Waals surface area contributed by atoms with Crippen molar-refractivity contribution in [2.75, 3.05) is 37.3 Å². The summed E-state index contributed by atoms with van der Waals surface area (Å²) in [7, 11) is -3.37. The number of carbonyl (C=O) groups excluding carboxylic acids is 1. The summed E-state index contributed by atoms with van der Waals surface area (Å²) in [6.45, 7) is 0.891. The summed E-state index contributed by atoms with van der Waals surface area (Å²) in [5.74, 6) is -0.435. The van der Waals surface area contributed by atoms with Crippen molar-refractivity contribution in [2.24, 2.45) is 0 Å². The molecule has 164 valence electrons. The highest BCUT2D eigenvalue weighted by Gasteiger charge is 2.36. The van der Waals surface area contributed by atoms with Gasteiger partial charge in [-0.15, -0.1) is 0 Å². The number of nitrogens with one attached hydrogen (secondary N) is 1. The van der Waals surface area contributed by atoms with Gasteiger partial charge in [-0.3, -0.25) is 4.79 Å². The van der Waals surface area contributed by atoms with Crippen LogP contribution in [0.25, 0.3) is 10.9 Å². The number of carbonyl (C=O) groups is 1. The Hall–Kier alpha value is -3.08. The molecule has 31 heavy (non-hydrogen) atoms. The van der Waals surface area contributed by atoms with E-state index in [1.54, 1.807) is 17.0 Å². The second kappa shape index (κ2) is 7.56. The first kappa shape index (κ1) is 21.2. The van der Waals surface area contributed by atoms with Crippen molar-refractivity contribution in [3.05, 3.63) is 53.9 Å². The molecule has 0 bridgehead atoms. The van der Waals surface area contributed by atoms with Crippen LogP contribution in [0.4, 0.5) is 19.0 Å². The fourth-order valence-electron chi connectivity index (χ4n) is 3.62. The van der Waals surface area contributed by atoms with E-state index in [9.17, 15) is 26.4 Å². The number of halogens is 3. The molecular weight excluding hydrogens is 433 g/mol. The summed E-state index contributed by atoms with van der Waals surface area (Å²) >= 11 is 0. The highest BCUT2D eigenvalue weighted by molar-refractivity contribution is 7.90. The molecule has 0 atom stereocenters. The molecule has 0 spiro atoms. The molecule has 0 saturated carbocycles. The Morgan fingerprint density at radius 2 is 1.81 bits per heavy atom. The second-order valence-corrected chi connectivity index (χ2v) is 9.37. The van der Waals surface area contributed by atoms with Crippen molar-refractivity contribution in [3.8, 4) is 0 Å². The molecule has 1 amide bonds. The van der Waals surface area contributed by atoms with Crippen molar-refractivity contribution in [2.45, 2.75) is 11.1 Å². The first-order valence-corrected chi connectivity index (χ1v) is 11.3. The van der Waals surface area contributed by atoms with E-state index in [1.807, 2.05) is 0 Å². The topological polar surface area (TPSA) is 86.4 Å². The van der Waals surface area contributed by atoms with Gasteiger partial charge >= 0.3 is 6.18 Å². The molecular formula is C20H19F3N4O3S. The number of aromatic nitrogens is 2. The molecule has 3 aromatic rings. The number of pyridine rings is 1. The summed E-state index contributed by atoms with van der Waals surface area (Å²) in [6.07, 6.45) is -2.08. The van der Waals surface area contributed by atoms with E-state index >= 15 is 0 Å². The van der Waals surface area contributed by atoms with E-state index in [4.69, 9.17) is 0 Å². The van der Waals surface area contributed by atoms with Crippen molar-refractivity contribution in [1.82, 2.24) is 14.9 Å². The number of hydrogen-bond acceptors (Lipinski definition) is 5. The van der Waals surface area contributed by atoms with E-state index < -0.39 is 21.6 Å². The van der Waals surface area contributed by atoms with Crippen LogP contribution < -0.4 is 4.90 Å². The molecule has 0 unspecified atom stereocenters. The van der Waals surface area contributed by atoms with Gasteiger partial charge in [0.1, 0.15) is 11.5 Å². The fourth-order valence-corrected chi connectivity index (χ4v) is 4.27. The van der Waals surface area contributed by atoms with Crippen LogP contribution in [-0.2, 0) is 16.0 Å². The van der Waals surface area contributed by atoms with Crippen LogP contribution >= 0.6 is 0 Å². The fraction of sp³-hybridized carbons (Fsp3) is 0.300. The molecule has 1 saturated heterocycles. The lowest BCUT2D eigenvalue weighted by atomic mass is 10.2. The maximum absolute atomic E-state index is 13.3. The van der Waals surface area contributed by atoms with Crippen LogP contribution in [0, 0.1) is 0 Å². The third-order valence-corrected chi connectivity index (χ3v) is 6.32. The van der Waals surface area contributed by atoms with Crippen LogP contribution in [0.3, 0.4) is 0 Å². The number of piperazine rings is 1. The standard InChI is InChI=1S/C20H19F3N4O3S/c1-31(29,30)14-4-5-16-13(11-14)12-17(25-16)19(28)27-9-7-26(8-10-27)18-15(20(21,22)23)3-2-6-24-18/h2-6,11-12,25H,7-10H2,1H3. The molecule has 1 fully saturated rings. The Kier molecular flexibility index (Phi) is 5.16. The summed E-state index contributed by atoms with van der Waals surface area (Å²) < 4.78 is 63.2. The molecule has 1 aliphatic heterocycles. The van der Waals surface area contributed by atoms with Gasteiger partial charge in [-0.2, -0.15) is 13.2 Å². The minimum absolute atomic E-state index is 0.138. The van der Waals surface area contributed by atoms with Gasteiger partial charge in [0.05, 0.1) is 10.5 Å². The molecule has 2 aromatic heterocycles. The molecule has 1 N–H and O–H groups in total. The summed E-state index contributed by atoms with van der Waals surface area (Å²) in [6, 6.07) is 8.38. The number of benzene rings is 1. The Morgan fingerprint density at radius 1 is 1.10 bits per heavy atom. The van der Waals surface area contributed by atoms with Crippen LogP contribution in [-0.4, -0.2) is 61.6 Å².